The molecule has 0 bridgehead atoms. The Morgan fingerprint density at radius 2 is 2.08 bits per heavy atom. The Labute approximate surface area is 77.8 Å². The second kappa shape index (κ2) is 4.77. The van der Waals surface area contributed by atoms with Crippen molar-refractivity contribution in [3.8, 4) is 0 Å². The monoisotopic (exact) mass is 188 g/mol. The van der Waals surface area contributed by atoms with E-state index in [1.807, 2.05) is 6.08 Å². The molecule has 1 rings (SSSR count). The second-order valence-electron chi connectivity index (χ2n) is 2.61. The minimum Gasteiger partial charge on any atom is -0.369 e. The Balaban J connectivity index is 0.00000121. The molecular weight excluding hydrogens is 176 g/mol. The highest BCUT2D eigenvalue weighted by atomic mass is 35.5. The van der Waals surface area contributed by atoms with Crippen molar-refractivity contribution < 1.29 is 0 Å². The first-order valence-corrected chi connectivity index (χ1v) is 3.51. The normalized spacial score (nSPS) is 18.4. The molecule has 0 amide bonds. The molecular formula is C7H13ClN4. The van der Waals surface area contributed by atoms with Crippen LogP contribution in [0.5, 0.6) is 0 Å². The fraction of sp³-hybridized carbons (Fsp3) is 0.429. The molecule has 1 aliphatic carbocycles. The molecule has 12 heavy (non-hydrogen) atoms. The van der Waals surface area contributed by atoms with Crippen molar-refractivity contribution in [1.82, 2.24) is 0 Å². The SMILES string of the molecule is CC1=C/C(=N/N=C(N)N)CC1.Cl. The molecule has 0 saturated heterocycles. The molecule has 0 unspecified atom stereocenters. The quantitative estimate of drug-likeness (QED) is 0.363. The average Bonchev–Trinajstić information content (AvgIpc) is 2.31. The second-order valence-corrected chi connectivity index (χ2v) is 2.61. The predicted octanol–water partition coefficient (Wildman–Crippen LogP) is 0.778. The standard InChI is InChI=1S/C7H12N4.ClH/c1-5-2-3-6(4-5)10-11-7(8)9;/h4H,2-3H2,1H3,(H4,8,9,11);1H/b10-6+;. The summed E-state index contributed by atoms with van der Waals surface area (Å²) >= 11 is 0. The number of allylic oxidation sites excluding steroid dienone is 2. The van der Waals surface area contributed by atoms with Gasteiger partial charge in [-0.1, -0.05) is 5.57 Å². The molecule has 1 aliphatic rings. The molecule has 0 aliphatic heterocycles. The molecule has 0 aromatic carbocycles. The van der Waals surface area contributed by atoms with Crippen molar-refractivity contribution in [3.63, 3.8) is 0 Å². The fourth-order valence-electron chi connectivity index (χ4n) is 0.955. The van der Waals surface area contributed by atoms with Gasteiger partial charge in [0.2, 0.25) is 5.96 Å². The number of guanidine groups is 1. The van der Waals surface area contributed by atoms with E-state index in [2.05, 4.69) is 17.1 Å². The van der Waals surface area contributed by atoms with Crippen molar-refractivity contribution in [1.29, 1.82) is 0 Å². The van der Waals surface area contributed by atoms with E-state index in [0.29, 0.717) is 0 Å². The van der Waals surface area contributed by atoms with Crippen LogP contribution in [0.15, 0.2) is 21.9 Å². The topological polar surface area (TPSA) is 76.8 Å². The van der Waals surface area contributed by atoms with Crippen LogP contribution in [0.25, 0.3) is 0 Å². The maximum absolute atomic E-state index is 5.11. The van der Waals surface area contributed by atoms with Gasteiger partial charge in [0, 0.05) is 0 Å². The zero-order valence-electron chi connectivity index (χ0n) is 6.95. The Bertz CT molecular complexity index is 238. The summed E-state index contributed by atoms with van der Waals surface area (Å²) in [6, 6.07) is 0. The molecule has 4 nitrogen and oxygen atoms in total. The van der Waals surface area contributed by atoms with Gasteiger partial charge in [-0.25, -0.2) is 0 Å². The number of hydrogen-bond donors (Lipinski definition) is 2. The maximum atomic E-state index is 5.11. The van der Waals surface area contributed by atoms with E-state index in [-0.39, 0.29) is 18.4 Å². The zero-order chi connectivity index (χ0) is 8.27. The number of nitrogens with zero attached hydrogens (tertiary/aromatic N) is 2. The molecule has 0 fully saturated rings. The fourth-order valence-corrected chi connectivity index (χ4v) is 0.955. The predicted molar refractivity (Wildman–Crippen MR) is 53.5 cm³/mol. The number of hydrogen-bond acceptors (Lipinski definition) is 2. The van der Waals surface area contributed by atoms with Crippen LogP contribution in [0.1, 0.15) is 19.8 Å². The summed E-state index contributed by atoms with van der Waals surface area (Å²) < 4.78 is 0. The first-order chi connectivity index (χ1) is 5.18. The lowest BCUT2D eigenvalue weighted by Gasteiger charge is -1.87. The van der Waals surface area contributed by atoms with Gasteiger partial charge in [0.15, 0.2) is 0 Å². The Morgan fingerprint density at radius 3 is 2.50 bits per heavy atom. The molecule has 0 aromatic heterocycles. The third-order valence-corrected chi connectivity index (χ3v) is 1.48. The minimum atomic E-state index is 0. The third-order valence-electron chi connectivity index (χ3n) is 1.48. The first-order valence-electron chi connectivity index (χ1n) is 3.51. The highest BCUT2D eigenvalue weighted by Gasteiger charge is 2.05. The van der Waals surface area contributed by atoms with Crippen LogP contribution in [0, 0.1) is 0 Å². The van der Waals surface area contributed by atoms with Gasteiger partial charge in [-0.15, -0.1) is 17.5 Å². The van der Waals surface area contributed by atoms with Gasteiger partial charge in [0.25, 0.3) is 0 Å². The van der Waals surface area contributed by atoms with E-state index in [9.17, 15) is 0 Å². The first kappa shape index (κ1) is 11.0. The van der Waals surface area contributed by atoms with Gasteiger partial charge < -0.3 is 11.5 Å². The van der Waals surface area contributed by atoms with Crippen molar-refractivity contribution in [3.05, 3.63) is 11.6 Å². The van der Waals surface area contributed by atoms with E-state index in [0.717, 1.165) is 18.6 Å². The van der Waals surface area contributed by atoms with Gasteiger partial charge in [-0.2, -0.15) is 5.10 Å². The highest BCUT2D eigenvalue weighted by Crippen LogP contribution is 2.14. The lowest BCUT2D eigenvalue weighted by atomic mass is 10.3. The van der Waals surface area contributed by atoms with Crippen LogP contribution in [-0.4, -0.2) is 11.7 Å². The van der Waals surface area contributed by atoms with E-state index in [4.69, 9.17) is 11.5 Å². The number of halogens is 1. The molecule has 68 valence electrons. The van der Waals surface area contributed by atoms with E-state index >= 15 is 0 Å². The lowest BCUT2D eigenvalue weighted by Crippen LogP contribution is -2.22. The number of nitrogens with two attached hydrogens (primary N) is 2. The molecule has 0 saturated carbocycles. The Morgan fingerprint density at radius 1 is 1.42 bits per heavy atom. The molecule has 0 aromatic rings. The molecule has 0 atom stereocenters. The molecule has 0 radical (unpaired) electrons. The van der Waals surface area contributed by atoms with Crippen molar-refractivity contribution in [2.45, 2.75) is 19.8 Å². The van der Waals surface area contributed by atoms with Crippen molar-refractivity contribution in [2.75, 3.05) is 0 Å². The van der Waals surface area contributed by atoms with Crippen LogP contribution in [0.4, 0.5) is 0 Å². The summed E-state index contributed by atoms with van der Waals surface area (Å²) in [4.78, 5) is 0. The number of rotatable bonds is 1. The molecule has 5 heteroatoms. The van der Waals surface area contributed by atoms with Crippen molar-refractivity contribution >= 4 is 24.1 Å². The van der Waals surface area contributed by atoms with Gasteiger partial charge >= 0.3 is 0 Å². The summed E-state index contributed by atoms with van der Waals surface area (Å²) in [5.41, 5.74) is 12.5. The lowest BCUT2D eigenvalue weighted by molar-refractivity contribution is 1.05. The average molecular weight is 189 g/mol. The van der Waals surface area contributed by atoms with E-state index in [1.54, 1.807) is 0 Å². The third kappa shape index (κ3) is 3.39. The van der Waals surface area contributed by atoms with Crippen LogP contribution in [0.3, 0.4) is 0 Å². The largest absolute Gasteiger partial charge is 0.369 e. The van der Waals surface area contributed by atoms with Crippen LogP contribution in [-0.2, 0) is 0 Å². The highest BCUT2D eigenvalue weighted by molar-refractivity contribution is 5.98. The maximum Gasteiger partial charge on any atom is 0.211 e. The summed E-state index contributed by atoms with van der Waals surface area (Å²) in [6.07, 6.45) is 4.02. The van der Waals surface area contributed by atoms with Gasteiger partial charge in [-0.05, 0) is 25.8 Å². The summed E-state index contributed by atoms with van der Waals surface area (Å²) in [7, 11) is 0. The van der Waals surface area contributed by atoms with E-state index < -0.39 is 0 Å². The minimum absolute atomic E-state index is 0. The van der Waals surface area contributed by atoms with Crippen LogP contribution < -0.4 is 11.5 Å². The Hall–Kier alpha value is -1.03. The molecule has 0 spiro atoms. The van der Waals surface area contributed by atoms with Gasteiger partial charge in [0.1, 0.15) is 0 Å². The molecule has 4 N–H and O–H groups in total. The summed E-state index contributed by atoms with van der Waals surface area (Å²) in [5, 5.41) is 7.41. The molecule has 0 heterocycles. The van der Waals surface area contributed by atoms with Gasteiger partial charge in [0.05, 0.1) is 5.71 Å². The van der Waals surface area contributed by atoms with Crippen LogP contribution in [0.2, 0.25) is 0 Å². The van der Waals surface area contributed by atoms with E-state index in [1.165, 1.54) is 5.57 Å². The summed E-state index contributed by atoms with van der Waals surface area (Å²) in [5.74, 6) is 0.00968. The smallest absolute Gasteiger partial charge is 0.211 e. The van der Waals surface area contributed by atoms with Crippen LogP contribution >= 0.6 is 12.4 Å². The summed E-state index contributed by atoms with van der Waals surface area (Å²) in [6.45, 7) is 2.07. The van der Waals surface area contributed by atoms with Gasteiger partial charge in [-0.3, -0.25) is 0 Å². The van der Waals surface area contributed by atoms with Crippen molar-refractivity contribution in [2.24, 2.45) is 21.7 Å². The zero-order valence-corrected chi connectivity index (χ0v) is 7.77. The Kier molecular flexibility index (Phi) is 4.36.